The van der Waals surface area contributed by atoms with Crippen LogP contribution in [0.15, 0.2) is 48.5 Å². The maximum Gasteiger partial charge on any atom is 0.122 e. The molecule has 22 heavy (non-hydrogen) atoms. The third kappa shape index (κ3) is 3.62. The summed E-state index contributed by atoms with van der Waals surface area (Å²) >= 11 is 0. The van der Waals surface area contributed by atoms with Gasteiger partial charge in [-0.2, -0.15) is 0 Å². The predicted molar refractivity (Wildman–Crippen MR) is 92.9 cm³/mol. The molecule has 0 spiro atoms. The van der Waals surface area contributed by atoms with E-state index >= 15 is 0 Å². The van der Waals surface area contributed by atoms with Gasteiger partial charge in [-0.05, 0) is 55.9 Å². The third-order valence-corrected chi connectivity index (χ3v) is 4.38. The summed E-state index contributed by atoms with van der Waals surface area (Å²) < 4.78 is 5.88. The number of hydrogen-bond acceptors (Lipinski definition) is 2. The lowest BCUT2D eigenvalue weighted by Crippen LogP contribution is -2.30. The number of aryl methyl sites for hydroxylation is 2. The van der Waals surface area contributed by atoms with E-state index in [1.165, 1.54) is 42.6 Å². The highest BCUT2D eigenvalue weighted by molar-refractivity contribution is 5.55. The van der Waals surface area contributed by atoms with E-state index in [9.17, 15) is 0 Å². The number of para-hydroxylation sites is 2. The van der Waals surface area contributed by atoms with Crippen LogP contribution in [0.3, 0.4) is 0 Å². The molecule has 116 valence electrons. The molecule has 1 heterocycles. The van der Waals surface area contributed by atoms with E-state index in [1.807, 2.05) is 6.07 Å². The first kappa shape index (κ1) is 15.0. The number of fused-ring (bicyclic) bond motifs is 1. The molecule has 2 heteroatoms. The van der Waals surface area contributed by atoms with Crippen molar-refractivity contribution in [2.45, 2.75) is 32.6 Å². The number of ether oxygens (including phenoxy) is 1. The van der Waals surface area contributed by atoms with E-state index in [0.29, 0.717) is 0 Å². The monoisotopic (exact) mass is 295 g/mol. The van der Waals surface area contributed by atoms with Gasteiger partial charge in [0.15, 0.2) is 0 Å². The quantitative estimate of drug-likeness (QED) is 0.722. The summed E-state index contributed by atoms with van der Waals surface area (Å²) in [5.41, 5.74) is 4.16. The molecule has 0 aliphatic carbocycles. The van der Waals surface area contributed by atoms with Crippen molar-refractivity contribution in [3.05, 3.63) is 59.7 Å². The van der Waals surface area contributed by atoms with Crippen LogP contribution in [0.2, 0.25) is 0 Å². The SMILES string of the molecule is Cc1ccccc1OCCCCN1CCCc2ccccc21. The molecule has 0 fully saturated rings. The smallest absolute Gasteiger partial charge is 0.122 e. The van der Waals surface area contributed by atoms with Gasteiger partial charge >= 0.3 is 0 Å². The van der Waals surface area contributed by atoms with Gasteiger partial charge in [0.25, 0.3) is 0 Å². The van der Waals surface area contributed by atoms with Gasteiger partial charge in [0, 0.05) is 18.8 Å². The van der Waals surface area contributed by atoms with E-state index in [0.717, 1.165) is 25.3 Å². The number of anilines is 1. The number of hydrogen-bond donors (Lipinski definition) is 0. The molecule has 0 saturated carbocycles. The fourth-order valence-corrected chi connectivity index (χ4v) is 3.15. The van der Waals surface area contributed by atoms with Gasteiger partial charge in [-0.25, -0.2) is 0 Å². The molecular formula is C20H25NO. The van der Waals surface area contributed by atoms with E-state index in [-0.39, 0.29) is 0 Å². The molecule has 3 rings (SSSR count). The molecule has 0 aromatic heterocycles. The first-order valence-electron chi connectivity index (χ1n) is 8.36. The van der Waals surface area contributed by atoms with Gasteiger partial charge in [-0.15, -0.1) is 0 Å². The highest BCUT2D eigenvalue weighted by Crippen LogP contribution is 2.26. The molecule has 2 nitrogen and oxygen atoms in total. The molecule has 0 saturated heterocycles. The Morgan fingerprint density at radius 2 is 1.82 bits per heavy atom. The first-order chi connectivity index (χ1) is 10.8. The van der Waals surface area contributed by atoms with Crippen molar-refractivity contribution < 1.29 is 4.74 Å². The predicted octanol–water partition coefficient (Wildman–Crippen LogP) is 4.61. The topological polar surface area (TPSA) is 12.5 Å². The van der Waals surface area contributed by atoms with Gasteiger partial charge in [0.2, 0.25) is 0 Å². The molecule has 0 amide bonds. The van der Waals surface area contributed by atoms with Gasteiger partial charge in [-0.1, -0.05) is 36.4 Å². The molecule has 0 unspecified atom stereocenters. The van der Waals surface area contributed by atoms with Crippen molar-refractivity contribution in [3.8, 4) is 5.75 Å². The van der Waals surface area contributed by atoms with Gasteiger partial charge in [0.1, 0.15) is 5.75 Å². The van der Waals surface area contributed by atoms with E-state index < -0.39 is 0 Å². The van der Waals surface area contributed by atoms with Crippen LogP contribution < -0.4 is 9.64 Å². The molecule has 0 N–H and O–H groups in total. The molecule has 0 bridgehead atoms. The molecular weight excluding hydrogens is 270 g/mol. The summed E-state index contributed by atoms with van der Waals surface area (Å²) in [7, 11) is 0. The van der Waals surface area contributed by atoms with Crippen molar-refractivity contribution >= 4 is 5.69 Å². The van der Waals surface area contributed by atoms with Crippen LogP contribution in [0.25, 0.3) is 0 Å². The van der Waals surface area contributed by atoms with Crippen LogP contribution in [-0.4, -0.2) is 19.7 Å². The second-order valence-electron chi connectivity index (χ2n) is 6.04. The zero-order chi connectivity index (χ0) is 15.2. The van der Waals surface area contributed by atoms with E-state index in [2.05, 4.69) is 54.3 Å². The number of rotatable bonds is 6. The largest absolute Gasteiger partial charge is 0.493 e. The summed E-state index contributed by atoms with van der Waals surface area (Å²) in [5.74, 6) is 1.02. The van der Waals surface area contributed by atoms with Crippen LogP contribution >= 0.6 is 0 Å². The minimum Gasteiger partial charge on any atom is -0.493 e. The number of nitrogens with zero attached hydrogens (tertiary/aromatic N) is 1. The van der Waals surface area contributed by atoms with Gasteiger partial charge < -0.3 is 9.64 Å². The average Bonchev–Trinajstić information content (AvgIpc) is 2.56. The molecule has 2 aromatic carbocycles. The van der Waals surface area contributed by atoms with Crippen LogP contribution in [0.4, 0.5) is 5.69 Å². The Hall–Kier alpha value is -1.96. The maximum atomic E-state index is 5.88. The Kier molecular flexibility index (Phi) is 4.99. The van der Waals surface area contributed by atoms with Gasteiger partial charge in [-0.3, -0.25) is 0 Å². The highest BCUT2D eigenvalue weighted by Gasteiger charge is 2.15. The minimum absolute atomic E-state index is 0.806. The van der Waals surface area contributed by atoms with Crippen molar-refractivity contribution in [1.29, 1.82) is 0 Å². The van der Waals surface area contributed by atoms with Gasteiger partial charge in [0.05, 0.1) is 6.61 Å². The summed E-state index contributed by atoms with van der Waals surface area (Å²) in [6.07, 6.45) is 4.78. The van der Waals surface area contributed by atoms with Crippen molar-refractivity contribution in [1.82, 2.24) is 0 Å². The second kappa shape index (κ2) is 7.35. The first-order valence-corrected chi connectivity index (χ1v) is 8.36. The van der Waals surface area contributed by atoms with Crippen molar-refractivity contribution in [2.75, 3.05) is 24.6 Å². The molecule has 0 atom stereocenters. The zero-order valence-electron chi connectivity index (χ0n) is 13.4. The molecule has 2 aromatic rings. The zero-order valence-corrected chi connectivity index (χ0v) is 13.4. The third-order valence-electron chi connectivity index (χ3n) is 4.38. The Morgan fingerprint density at radius 1 is 1.00 bits per heavy atom. The standard InChI is InChI=1S/C20H25NO/c1-17-9-2-5-13-20(17)22-16-7-6-14-21-15-8-11-18-10-3-4-12-19(18)21/h2-5,9-10,12-13H,6-8,11,14-16H2,1H3. The maximum absolute atomic E-state index is 5.88. The minimum atomic E-state index is 0.806. The van der Waals surface area contributed by atoms with Crippen molar-refractivity contribution in [3.63, 3.8) is 0 Å². The van der Waals surface area contributed by atoms with E-state index in [1.54, 1.807) is 0 Å². The summed E-state index contributed by atoms with van der Waals surface area (Å²) in [4.78, 5) is 2.53. The Morgan fingerprint density at radius 3 is 2.73 bits per heavy atom. The molecule has 1 aliphatic heterocycles. The molecule has 0 radical (unpaired) electrons. The second-order valence-corrected chi connectivity index (χ2v) is 6.04. The lowest BCUT2D eigenvalue weighted by Gasteiger charge is -2.31. The average molecular weight is 295 g/mol. The fourth-order valence-electron chi connectivity index (χ4n) is 3.15. The Balaban J connectivity index is 1.44. The summed E-state index contributed by atoms with van der Waals surface area (Å²) in [6, 6.07) is 17.1. The van der Waals surface area contributed by atoms with Crippen LogP contribution in [0, 0.1) is 6.92 Å². The normalized spacial score (nSPS) is 13.8. The number of unbranched alkanes of at least 4 members (excludes halogenated alkanes) is 1. The summed E-state index contributed by atoms with van der Waals surface area (Å²) in [6.45, 7) is 5.23. The van der Waals surface area contributed by atoms with E-state index in [4.69, 9.17) is 4.74 Å². The molecule has 1 aliphatic rings. The highest BCUT2D eigenvalue weighted by atomic mass is 16.5. The van der Waals surface area contributed by atoms with Crippen LogP contribution in [0.5, 0.6) is 5.75 Å². The van der Waals surface area contributed by atoms with Crippen LogP contribution in [0.1, 0.15) is 30.4 Å². The lowest BCUT2D eigenvalue weighted by atomic mass is 10.0. The van der Waals surface area contributed by atoms with Crippen molar-refractivity contribution in [2.24, 2.45) is 0 Å². The lowest BCUT2D eigenvalue weighted by molar-refractivity contribution is 0.305. The Bertz CT molecular complexity index is 608. The fraction of sp³-hybridized carbons (Fsp3) is 0.400. The number of benzene rings is 2. The van der Waals surface area contributed by atoms with Crippen LogP contribution in [-0.2, 0) is 6.42 Å². The summed E-state index contributed by atoms with van der Waals surface area (Å²) in [5, 5.41) is 0. The Labute approximate surface area is 133 Å².